The SMILES string of the molecule is COC(=O)Cn1ncc2c(N(C)C3C4CCOC4C3(C)C)ncnc21. The van der Waals surface area contributed by atoms with Gasteiger partial charge in [-0.05, 0) is 6.42 Å². The van der Waals surface area contributed by atoms with Gasteiger partial charge in [-0.3, -0.25) is 4.79 Å². The van der Waals surface area contributed by atoms with Crippen LogP contribution in [0.3, 0.4) is 0 Å². The Morgan fingerprint density at radius 3 is 3.04 bits per heavy atom. The molecule has 0 N–H and O–H groups in total. The van der Waals surface area contributed by atoms with E-state index in [-0.39, 0.29) is 17.9 Å². The number of methoxy groups -OCH3 is 1. The summed E-state index contributed by atoms with van der Waals surface area (Å²) < 4.78 is 12.2. The molecule has 0 radical (unpaired) electrons. The van der Waals surface area contributed by atoms with Crippen LogP contribution in [0.1, 0.15) is 20.3 Å². The van der Waals surface area contributed by atoms with Crippen molar-refractivity contribution in [3.63, 3.8) is 0 Å². The van der Waals surface area contributed by atoms with Gasteiger partial charge in [-0.2, -0.15) is 5.10 Å². The normalized spacial score (nSPS) is 27.0. The van der Waals surface area contributed by atoms with Crippen molar-refractivity contribution in [3.05, 3.63) is 12.5 Å². The number of fused-ring (bicyclic) bond motifs is 2. The molecule has 1 aliphatic carbocycles. The minimum absolute atomic E-state index is 0.0353. The van der Waals surface area contributed by atoms with Crippen LogP contribution in [-0.4, -0.2) is 58.6 Å². The van der Waals surface area contributed by atoms with Crippen molar-refractivity contribution >= 4 is 22.8 Å². The largest absolute Gasteiger partial charge is 0.468 e. The second-order valence-corrected chi connectivity index (χ2v) is 7.43. The van der Waals surface area contributed by atoms with Gasteiger partial charge in [-0.1, -0.05) is 13.8 Å². The Hall–Kier alpha value is -2.22. The van der Waals surface area contributed by atoms with Crippen molar-refractivity contribution in [1.82, 2.24) is 19.7 Å². The van der Waals surface area contributed by atoms with Gasteiger partial charge in [0.25, 0.3) is 0 Å². The first kappa shape index (κ1) is 16.3. The first-order chi connectivity index (χ1) is 11.9. The van der Waals surface area contributed by atoms with Crippen LogP contribution in [0.2, 0.25) is 0 Å². The smallest absolute Gasteiger partial charge is 0.327 e. The monoisotopic (exact) mass is 345 g/mol. The van der Waals surface area contributed by atoms with Crippen LogP contribution in [-0.2, 0) is 20.8 Å². The van der Waals surface area contributed by atoms with Gasteiger partial charge >= 0.3 is 5.97 Å². The van der Waals surface area contributed by atoms with Crippen molar-refractivity contribution in [3.8, 4) is 0 Å². The number of aromatic nitrogens is 4. The van der Waals surface area contributed by atoms with Gasteiger partial charge in [0.15, 0.2) is 5.65 Å². The molecule has 0 bridgehead atoms. The molecule has 2 aromatic rings. The highest BCUT2D eigenvalue weighted by atomic mass is 16.5. The summed E-state index contributed by atoms with van der Waals surface area (Å²) in [5, 5.41) is 5.13. The number of ether oxygens (including phenoxy) is 2. The van der Waals surface area contributed by atoms with E-state index in [0.29, 0.717) is 23.7 Å². The summed E-state index contributed by atoms with van der Waals surface area (Å²) in [4.78, 5) is 22.6. The number of carbonyl (C=O) groups is 1. The second kappa shape index (κ2) is 5.66. The Balaban J connectivity index is 1.68. The van der Waals surface area contributed by atoms with Crippen LogP contribution in [0.5, 0.6) is 0 Å². The third-order valence-corrected chi connectivity index (χ3v) is 5.71. The summed E-state index contributed by atoms with van der Waals surface area (Å²) >= 11 is 0. The van der Waals surface area contributed by atoms with Crippen LogP contribution in [0.25, 0.3) is 11.0 Å². The Kier molecular flexibility index (Phi) is 3.68. The molecular formula is C17H23N5O3. The number of rotatable bonds is 4. The lowest BCUT2D eigenvalue weighted by Crippen LogP contribution is -2.66. The molecule has 1 aliphatic heterocycles. The average Bonchev–Trinajstić information content (AvgIpc) is 3.20. The molecule has 8 heteroatoms. The number of carbonyl (C=O) groups excluding carboxylic acids is 1. The van der Waals surface area contributed by atoms with Crippen molar-refractivity contribution in [2.24, 2.45) is 11.3 Å². The molecule has 134 valence electrons. The zero-order valence-corrected chi connectivity index (χ0v) is 15.0. The molecule has 1 saturated heterocycles. The van der Waals surface area contributed by atoms with Gasteiger partial charge in [0, 0.05) is 31.0 Å². The Morgan fingerprint density at radius 2 is 2.28 bits per heavy atom. The number of anilines is 1. The maximum absolute atomic E-state index is 11.6. The summed E-state index contributed by atoms with van der Waals surface area (Å²) in [6, 6.07) is 0.349. The molecule has 0 amide bonds. The first-order valence-electron chi connectivity index (χ1n) is 8.53. The zero-order valence-electron chi connectivity index (χ0n) is 15.0. The predicted octanol–water partition coefficient (Wildman–Crippen LogP) is 1.25. The number of hydrogen-bond donors (Lipinski definition) is 0. The van der Waals surface area contributed by atoms with Gasteiger partial charge in [0.05, 0.1) is 24.8 Å². The van der Waals surface area contributed by atoms with Crippen LogP contribution in [0, 0.1) is 11.3 Å². The molecule has 2 aliphatic rings. The topological polar surface area (TPSA) is 82.4 Å². The van der Waals surface area contributed by atoms with Crippen molar-refractivity contribution < 1.29 is 14.3 Å². The zero-order chi connectivity index (χ0) is 17.8. The fraction of sp³-hybridized carbons (Fsp3) is 0.647. The van der Waals surface area contributed by atoms with Crippen molar-refractivity contribution in [2.75, 3.05) is 25.7 Å². The standard InChI is InChI=1S/C17H23N5O3/c1-17(2)13(10-5-6-25-14(10)17)21(3)15-11-7-20-22(8-12(23)24-4)16(11)19-9-18-15/h7,9-10,13-14H,5-6,8H2,1-4H3. The summed E-state index contributed by atoms with van der Waals surface area (Å²) in [5.41, 5.74) is 0.702. The minimum Gasteiger partial charge on any atom is -0.468 e. The van der Waals surface area contributed by atoms with E-state index in [1.807, 2.05) is 0 Å². The third kappa shape index (κ3) is 2.31. The minimum atomic E-state index is -0.357. The molecule has 25 heavy (non-hydrogen) atoms. The number of nitrogens with zero attached hydrogens (tertiary/aromatic N) is 5. The van der Waals surface area contributed by atoms with Gasteiger partial charge in [-0.15, -0.1) is 0 Å². The highest BCUT2D eigenvalue weighted by molar-refractivity contribution is 5.87. The summed E-state index contributed by atoms with van der Waals surface area (Å²) in [7, 11) is 3.43. The van der Waals surface area contributed by atoms with Gasteiger partial charge in [0.2, 0.25) is 0 Å². The van der Waals surface area contributed by atoms with Crippen LogP contribution in [0.4, 0.5) is 5.82 Å². The van der Waals surface area contributed by atoms with Gasteiger partial charge < -0.3 is 14.4 Å². The molecule has 3 atom stereocenters. The molecular weight excluding hydrogens is 322 g/mol. The lowest BCUT2D eigenvalue weighted by molar-refractivity contribution is -0.141. The molecule has 2 fully saturated rings. The van der Waals surface area contributed by atoms with E-state index in [1.165, 1.54) is 13.4 Å². The van der Waals surface area contributed by atoms with Crippen molar-refractivity contribution in [2.45, 2.75) is 39.0 Å². The average molecular weight is 345 g/mol. The third-order valence-electron chi connectivity index (χ3n) is 5.71. The molecule has 3 unspecified atom stereocenters. The fourth-order valence-electron chi connectivity index (χ4n) is 4.68. The lowest BCUT2D eigenvalue weighted by Gasteiger charge is -2.58. The molecule has 1 saturated carbocycles. The Morgan fingerprint density at radius 1 is 1.48 bits per heavy atom. The van der Waals surface area contributed by atoms with Crippen molar-refractivity contribution in [1.29, 1.82) is 0 Å². The molecule has 0 spiro atoms. The molecule has 0 aromatic carbocycles. The fourth-order valence-corrected chi connectivity index (χ4v) is 4.68. The molecule has 3 heterocycles. The molecule has 2 aromatic heterocycles. The van der Waals surface area contributed by atoms with E-state index in [0.717, 1.165) is 24.2 Å². The van der Waals surface area contributed by atoms with Crippen LogP contribution in [0.15, 0.2) is 12.5 Å². The van der Waals surface area contributed by atoms with Gasteiger partial charge in [0.1, 0.15) is 18.7 Å². The first-order valence-corrected chi connectivity index (χ1v) is 8.53. The van der Waals surface area contributed by atoms with Gasteiger partial charge in [-0.25, -0.2) is 14.6 Å². The van der Waals surface area contributed by atoms with E-state index in [2.05, 4.69) is 40.9 Å². The maximum Gasteiger partial charge on any atom is 0.327 e. The van der Waals surface area contributed by atoms with Crippen LogP contribution < -0.4 is 4.90 Å². The Bertz CT molecular complexity index is 818. The van der Waals surface area contributed by atoms with Crippen LogP contribution >= 0.6 is 0 Å². The summed E-state index contributed by atoms with van der Waals surface area (Å²) in [5.74, 6) is 1.00. The predicted molar refractivity (Wildman–Crippen MR) is 91.2 cm³/mol. The quantitative estimate of drug-likeness (QED) is 0.771. The number of esters is 1. The van der Waals surface area contributed by atoms with E-state index in [4.69, 9.17) is 9.47 Å². The van der Waals surface area contributed by atoms with E-state index < -0.39 is 0 Å². The summed E-state index contributed by atoms with van der Waals surface area (Å²) in [6.07, 6.45) is 4.65. The summed E-state index contributed by atoms with van der Waals surface area (Å²) in [6.45, 7) is 5.37. The van der Waals surface area contributed by atoms with E-state index in [9.17, 15) is 4.79 Å². The van der Waals surface area contributed by atoms with E-state index in [1.54, 1.807) is 10.9 Å². The second-order valence-electron chi connectivity index (χ2n) is 7.43. The lowest BCUT2D eigenvalue weighted by atomic mass is 9.57. The maximum atomic E-state index is 11.6. The molecule has 8 nitrogen and oxygen atoms in total. The number of hydrogen-bond acceptors (Lipinski definition) is 7. The molecule has 4 rings (SSSR count). The van der Waals surface area contributed by atoms with E-state index >= 15 is 0 Å². The Labute approximate surface area is 146 Å². The highest BCUT2D eigenvalue weighted by Crippen LogP contribution is 2.55. The highest BCUT2D eigenvalue weighted by Gasteiger charge is 2.61.